The zero-order chi connectivity index (χ0) is 17.4. The zero-order valence-corrected chi connectivity index (χ0v) is 13.2. The van der Waals surface area contributed by atoms with Crippen molar-refractivity contribution in [2.45, 2.75) is 6.92 Å². The number of rotatable bonds is 3. The minimum atomic E-state index is -0.449. The van der Waals surface area contributed by atoms with Crippen molar-refractivity contribution in [1.82, 2.24) is 15.1 Å². The first-order valence-electron chi connectivity index (χ1n) is 7.57. The molecular formula is C18H12N4O3. The van der Waals surface area contributed by atoms with Gasteiger partial charge in [0.2, 0.25) is 5.82 Å². The number of fused-ring (bicyclic) bond motifs is 1. The number of hydrogen-bond acceptors (Lipinski definition) is 6. The molecule has 4 rings (SSSR count). The lowest BCUT2D eigenvalue weighted by Crippen LogP contribution is -1.90. The maximum absolute atomic E-state index is 10.7. The summed E-state index contributed by atoms with van der Waals surface area (Å²) < 4.78 is 5.34. The van der Waals surface area contributed by atoms with Crippen LogP contribution in [0.1, 0.15) is 5.69 Å². The van der Waals surface area contributed by atoms with Gasteiger partial charge in [-0.15, -0.1) is 0 Å². The van der Waals surface area contributed by atoms with Crippen LogP contribution in [0.5, 0.6) is 0 Å². The smallest absolute Gasteiger partial charge is 0.269 e. The molecule has 0 spiro atoms. The summed E-state index contributed by atoms with van der Waals surface area (Å²) in [4.78, 5) is 19.2. The Labute approximate surface area is 142 Å². The van der Waals surface area contributed by atoms with Crippen LogP contribution in [-0.2, 0) is 0 Å². The monoisotopic (exact) mass is 332 g/mol. The minimum absolute atomic E-state index is 0.0132. The molecule has 4 aromatic rings. The molecule has 0 saturated heterocycles. The summed E-state index contributed by atoms with van der Waals surface area (Å²) in [5.74, 6) is 0.762. The normalized spacial score (nSPS) is 10.9. The third-order valence-electron chi connectivity index (χ3n) is 3.84. The summed E-state index contributed by atoms with van der Waals surface area (Å²) in [6, 6.07) is 15.7. The quantitative estimate of drug-likeness (QED) is 0.413. The Morgan fingerprint density at radius 2 is 1.80 bits per heavy atom. The number of aromatic nitrogens is 3. The van der Waals surface area contributed by atoms with Crippen LogP contribution in [0.15, 0.2) is 59.1 Å². The lowest BCUT2D eigenvalue weighted by atomic mass is 10.1. The molecule has 0 radical (unpaired) electrons. The van der Waals surface area contributed by atoms with Crippen molar-refractivity contribution in [3.8, 4) is 22.8 Å². The number of benzene rings is 2. The maximum atomic E-state index is 10.7. The zero-order valence-electron chi connectivity index (χ0n) is 13.2. The molecule has 122 valence electrons. The molecule has 0 aliphatic heterocycles. The van der Waals surface area contributed by atoms with E-state index in [1.54, 1.807) is 12.1 Å². The molecule has 25 heavy (non-hydrogen) atoms. The molecule has 0 saturated carbocycles. The average molecular weight is 332 g/mol. The van der Waals surface area contributed by atoms with Gasteiger partial charge < -0.3 is 4.52 Å². The molecular weight excluding hydrogens is 320 g/mol. The SMILES string of the molecule is Cc1cc(-c2noc(-c3ccc([N+](=O)[O-])cc3)n2)c2ccccc2n1. The molecule has 0 atom stereocenters. The van der Waals surface area contributed by atoms with Crippen molar-refractivity contribution in [3.63, 3.8) is 0 Å². The maximum Gasteiger partial charge on any atom is 0.269 e. The number of pyridine rings is 1. The molecule has 0 unspecified atom stereocenters. The van der Waals surface area contributed by atoms with Crippen LogP contribution in [0.3, 0.4) is 0 Å². The fourth-order valence-corrected chi connectivity index (χ4v) is 2.67. The Morgan fingerprint density at radius 1 is 1.04 bits per heavy atom. The summed E-state index contributed by atoms with van der Waals surface area (Å²) >= 11 is 0. The van der Waals surface area contributed by atoms with Crippen LogP contribution in [-0.4, -0.2) is 20.0 Å². The van der Waals surface area contributed by atoms with Crippen LogP contribution < -0.4 is 0 Å². The van der Waals surface area contributed by atoms with Crippen molar-refractivity contribution in [1.29, 1.82) is 0 Å². The highest BCUT2D eigenvalue weighted by Crippen LogP contribution is 2.29. The Hall–Kier alpha value is -3.61. The van der Waals surface area contributed by atoms with E-state index in [1.165, 1.54) is 12.1 Å². The summed E-state index contributed by atoms with van der Waals surface area (Å²) in [5, 5.41) is 15.7. The van der Waals surface area contributed by atoms with Gasteiger partial charge in [-0.1, -0.05) is 23.4 Å². The predicted molar refractivity (Wildman–Crippen MR) is 91.9 cm³/mol. The lowest BCUT2D eigenvalue weighted by molar-refractivity contribution is -0.384. The van der Waals surface area contributed by atoms with Gasteiger partial charge in [-0.25, -0.2) is 0 Å². The fourth-order valence-electron chi connectivity index (χ4n) is 2.67. The molecule has 0 bridgehead atoms. The second kappa shape index (κ2) is 5.79. The van der Waals surface area contributed by atoms with Gasteiger partial charge in [0.15, 0.2) is 0 Å². The van der Waals surface area contributed by atoms with Gasteiger partial charge in [0, 0.05) is 34.3 Å². The largest absolute Gasteiger partial charge is 0.334 e. The summed E-state index contributed by atoms with van der Waals surface area (Å²) in [5.41, 5.74) is 3.19. The van der Waals surface area contributed by atoms with Gasteiger partial charge in [-0.2, -0.15) is 4.98 Å². The Kier molecular flexibility index (Phi) is 3.46. The van der Waals surface area contributed by atoms with Gasteiger partial charge >= 0.3 is 0 Å². The fraction of sp³-hybridized carbons (Fsp3) is 0.0556. The molecule has 7 nitrogen and oxygen atoms in total. The predicted octanol–water partition coefficient (Wildman–Crippen LogP) is 4.17. The minimum Gasteiger partial charge on any atom is -0.334 e. The van der Waals surface area contributed by atoms with Gasteiger partial charge in [0.25, 0.3) is 11.6 Å². The van der Waals surface area contributed by atoms with Crippen LogP contribution in [0, 0.1) is 17.0 Å². The molecule has 2 heterocycles. The Balaban J connectivity index is 1.78. The molecule has 2 aromatic carbocycles. The van der Waals surface area contributed by atoms with Crippen molar-refractivity contribution in [2.75, 3.05) is 0 Å². The molecule has 0 N–H and O–H groups in total. The van der Waals surface area contributed by atoms with Gasteiger partial charge in [-0.05, 0) is 31.2 Å². The van der Waals surface area contributed by atoms with E-state index in [0.717, 1.165) is 22.2 Å². The molecule has 0 aliphatic carbocycles. The topological polar surface area (TPSA) is 95.0 Å². The molecule has 0 amide bonds. The number of aryl methyl sites for hydroxylation is 1. The van der Waals surface area contributed by atoms with E-state index in [0.29, 0.717) is 17.3 Å². The average Bonchev–Trinajstić information content (AvgIpc) is 3.11. The third kappa shape index (κ3) is 2.72. The lowest BCUT2D eigenvalue weighted by Gasteiger charge is -2.03. The highest BCUT2D eigenvalue weighted by molar-refractivity contribution is 5.92. The highest BCUT2D eigenvalue weighted by atomic mass is 16.6. The summed E-state index contributed by atoms with van der Waals surface area (Å²) in [6.07, 6.45) is 0. The molecule has 0 aliphatic rings. The number of hydrogen-bond donors (Lipinski definition) is 0. The number of para-hydroxylation sites is 1. The van der Waals surface area contributed by atoms with Gasteiger partial charge in [0.05, 0.1) is 10.4 Å². The number of non-ortho nitro benzene ring substituents is 1. The summed E-state index contributed by atoms with van der Waals surface area (Å²) in [7, 11) is 0. The first-order valence-corrected chi connectivity index (χ1v) is 7.57. The van der Waals surface area contributed by atoms with Crippen LogP contribution in [0.4, 0.5) is 5.69 Å². The van der Waals surface area contributed by atoms with E-state index >= 15 is 0 Å². The molecule has 0 fully saturated rings. The van der Waals surface area contributed by atoms with Crippen LogP contribution in [0.25, 0.3) is 33.7 Å². The number of nitrogens with zero attached hydrogens (tertiary/aromatic N) is 4. The van der Waals surface area contributed by atoms with Crippen molar-refractivity contribution in [2.24, 2.45) is 0 Å². The summed E-state index contributed by atoms with van der Waals surface area (Å²) in [6.45, 7) is 1.91. The van der Waals surface area contributed by atoms with Gasteiger partial charge in [-0.3, -0.25) is 15.1 Å². The van der Waals surface area contributed by atoms with E-state index < -0.39 is 4.92 Å². The van der Waals surface area contributed by atoms with Crippen LogP contribution in [0.2, 0.25) is 0 Å². The van der Waals surface area contributed by atoms with E-state index in [-0.39, 0.29) is 5.69 Å². The standard InChI is InChI=1S/C18H12N4O3/c1-11-10-15(14-4-2-3-5-16(14)19-11)17-20-18(25-21-17)12-6-8-13(9-7-12)22(23)24/h2-10H,1H3. The second-order valence-electron chi connectivity index (χ2n) is 5.56. The van der Waals surface area contributed by atoms with E-state index in [4.69, 9.17) is 4.52 Å². The van der Waals surface area contributed by atoms with E-state index in [9.17, 15) is 10.1 Å². The van der Waals surface area contributed by atoms with Crippen molar-refractivity contribution < 1.29 is 9.45 Å². The van der Waals surface area contributed by atoms with Crippen LogP contribution >= 0.6 is 0 Å². The van der Waals surface area contributed by atoms with E-state index in [1.807, 2.05) is 37.3 Å². The third-order valence-corrected chi connectivity index (χ3v) is 3.84. The first kappa shape index (κ1) is 14.9. The molecule has 7 heteroatoms. The number of nitro groups is 1. The van der Waals surface area contributed by atoms with E-state index in [2.05, 4.69) is 15.1 Å². The number of nitro benzene ring substituents is 1. The molecule has 2 aromatic heterocycles. The Bertz CT molecular complexity index is 1090. The first-order chi connectivity index (χ1) is 12.1. The Morgan fingerprint density at radius 3 is 2.56 bits per heavy atom. The highest BCUT2D eigenvalue weighted by Gasteiger charge is 2.15. The second-order valence-corrected chi connectivity index (χ2v) is 5.56. The van der Waals surface area contributed by atoms with Gasteiger partial charge in [0.1, 0.15) is 0 Å². The van der Waals surface area contributed by atoms with Crippen molar-refractivity contribution >= 4 is 16.6 Å². The van der Waals surface area contributed by atoms with Crippen molar-refractivity contribution in [3.05, 3.63) is 70.4 Å².